The number of nitrogens with zero attached hydrogens (tertiary/aromatic N) is 1. The molecule has 0 N–H and O–H groups in total. The first-order chi connectivity index (χ1) is 12.0. The average molecular weight is 376 g/mol. The zero-order valence-electron chi connectivity index (χ0n) is 13.1. The number of hydrogen-bond acceptors (Lipinski definition) is 2. The fourth-order valence-corrected chi connectivity index (χ4v) is 4.12. The molecule has 0 aliphatic rings. The summed E-state index contributed by atoms with van der Waals surface area (Å²) in [7, 11) is -3.83. The van der Waals surface area contributed by atoms with E-state index < -0.39 is 15.8 Å². The molecule has 3 nitrogen and oxygen atoms in total. The molecular weight excluding hydrogens is 361 g/mol. The van der Waals surface area contributed by atoms with E-state index in [1.54, 1.807) is 54.6 Å². The van der Waals surface area contributed by atoms with Gasteiger partial charge in [0.25, 0.3) is 10.0 Å². The fourth-order valence-electron chi connectivity index (χ4n) is 2.47. The molecular formula is C19H15ClFNO2S. The van der Waals surface area contributed by atoms with Gasteiger partial charge >= 0.3 is 0 Å². The van der Waals surface area contributed by atoms with Crippen molar-refractivity contribution in [1.82, 2.24) is 0 Å². The fraction of sp³-hybridized carbons (Fsp3) is 0.0526. The van der Waals surface area contributed by atoms with Crippen molar-refractivity contribution < 1.29 is 12.8 Å². The summed E-state index contributed by atoms with van der Waals surface area (Å²) in [5.74, 6) is -0.416. The Hall–Kier alpha value is -2.37. The Morgan fingerprint density at radius 2 is 1.60 bits per heavy atom. The first-order valence-corrected chi connectivity index (χ1v) is 9.36. The van der Waals surface area contributed by atoms with Crippen molar-refractivity contribution >= 4 is 27.3 Å². The van der Waals surface area contributed by atoms with Gasteiger partial charge in [0.05, 0.1) is 17.1 Å². The van der Waals surface area contributed by atoms with Crippen molar-refractivity contribution in [3.63, 3.8) is 0 Å². The van der Waals surface area contributed by atoms with Crippen LogP contribution in [0.2, 0.25) is 5.02 Å². The van der Waals surface area contributed by atoms with Crippen LogP contribution in [0.25, 0.3) is 0 Å². The van der Waals surface area contributed by atoms with E-state index in [2.05, 4.69) is 0 Å². The molecule has 0 heterocycles. The van der Waals surface area contributed by atoms with Crippen LogP contribution in [0.15, 0.2) is 83.8 Å². The predicted molar refractivity (Wildman–Crippen MR) is 97.7 cm³/mol. The molecule has 0 saturated heterocycles. The molecule has 0 aliphatic carbocycles. The minimum atomic E-state index is -3.83. The molecule has 0 fully saturated rings. The van der Waals surface area contributed by atoms with E-state index in [0.29, 0.717) is 16.3 Å². The third kappa shape index (κ3) is 4.00. The van der Waals surface area contributed by atoms with Crippen LogP contribution in [0.4, 0.5) is 10.1 Å². The lowest BCUT2D eigenvalue weighted by atomic mass is 10.2. The van der Waals surface area contributed by atoms with E-state index in [9.17, 15) is 12.8 Å². The molecule has 0 aliphatic heterocycles. The Labute approximate surface area is 151 Å². The molecule has 0 spiro atoms. The van der Waals surface area contributed by atoms with E-state index in [1.807, 2.05) is 0 Å². The second kappa shape index (κ2) is 7.25. The molecule has 128 valence electrons. The molecule has 0 amide bonds. The van der Waals surface area contributed by atoms with Gasteiger partial charge in [0.15, 0.2) is 0 Å². The normalized spacial score (nSPS) is 11.3. The van der Waals surface area contributed by atoms with Gasteiger partial charge in [-0.05, 0) is 48.0 Å². The topological polar surface area (TPSA) is 37.4 Å². The summed E-state index contributed by atoms with van der Waals surface area (Å²) in [4.78, 5) is 0.159. The SMILES string of the molecule is O=S(=O)(c1ccccc1)N(Cc1cccc(F)c1)c1cccc(Cl)c1. The molecule has 0 aromatic heterocycles. The van der Waals surface area contributed by atoms with Crippen LogP contribution in [-0.2, 0) is 16.6 Å². The molecule has 6 heteroatoms. The molecule has 3 aromatic rings. The number of benzene rings is 3. The monoisotopic (exact) mass is 375 g/mol. The highest BCUT2D eigenvalue weighted by Crippen LogP contribution is 2.28. The van der Waals surface area contributed by atoms with E-state index in [1.165, 1.54) is 28.6 Å². The first kappa shape index (κ1) is 17.5. The molecule has 25 heavy (non-hydrogen) atoms. The highest BCUT2D eigenvalue weighted by Gasteiger charge is 2.25. The number of anilines is 1. The maximum atomic E-state index is 13.5. The zero-order valence-corrected chi connectivity index (χ0v) is 14.7. The maximum absolute atomic E-state index is 13.5. The summed E-state index contributed by atoms with van der Waals surface area (Å²) >= 11 is 6.03. The molecule has 3 aromatic carbocycles. The summed E-state index contributed by atoms with van der Waals surface area (Å²) in [5, 5.41) is 0.421. The number of halogens is 2. The van der Waals surface area contributed by atoms with E-state index >= 15 is 0 Å². The maximum Gasteiger partial charge on any atom is 0.264 e. The van der Waals surface area contributed by atoms with Crippen molar-refractivity contribution in [1.29, 1.82) is 0 Å². The highest BCUT2D eigenvalue weighted by molar-refractivity contribution is 7.92. The van der Waals surface area contributed by atoms with Crippen LogP contribution in [-0.4, -0.2) is 8.42 Å². The highest BCUT2D eigenvalue weighted by atomic mass is 35.5. The summed E-state index contributed by atoms with van der Waals surface area (Å²) in [6, 6.07) is 20.6. The molecule has 0 bridgehead atoms. The quantitative estimate of drug-likeness (QED) is 0.637. The summed E-state index contributed by atoms with van der Waals surface area (Å²) in [6.07, 6.45) is 0. The third-order valence-electron chi connectivity index (χ3n) is 3.64. The van der Waals surface area contributed by atoms with E-state index in [4.69, 9.17) is 11.6 Å². The van der Waals surface area contributed by atoms with Crippen LogP contribution < -0.4 is 4.31 Å². The Kier molecular flexibility index (Phi) is 5.06. The second-order valence-corrected chi connectivity index (χ2v) is 7.73. The van der Waals surface area contributed by atoms with Gasteiger partial charge in [-0.3, -0.25) is 4.31 Å². The minimum absolute atomic E-state index is 0.00463. The van der Waals surface area contributed by atoms with E-state index in [0.717, 1.165) is 0 Å². The van der Waals surface area contributed by atoms with Crippen LogP contribution in [0.1, 0.15) is 5.56 Å². The van der Waals surface area contributed by atoms with Gasteiger partial charge in [0, 0.05) is 5.02 Å². The van der Waals surface area contributed by atoms with Crippen molar-refractivity contribution in [2.24, 2.45) is 0 Å². The summed E-state index contributed by atoms with van der Waals surface area (Å²) in [6.45, 7) is -0.00463. The number of rotatable bonds is 5. The molecule has 0 atom stereocenters. The Bertz CT molecular complexity index is 977. The Morgan fingerprint density at radius 1 is 0.880 bits per heavy atom. The van der Waals surface area contributed by atoms with Crippen LogP contribution >= 0.6 is 11.6 Å². The van der Waals surface area contributed by atoms with Crippen molar-refractivity contribution in [3.05, 3.63) is 95.3 Å². The average Bonchev–Trinajstić information content (AvgIpc) is 2.60. The molecule has 0 unspecified atom stereocenters. The molecule has 0 saturated carbocycles. The van der Waals surface area contributed by atoms with Crippen molar-refractivity contribution in [2.45, 2.75) is 11.4 Å². The van der Waals surface area contributed by atoms with Gasteiger partial charge in [0.2, 0.25) is 0 Å². The van der Waals surface area contributed by atoms with Crippen LogP contribution in [0, 0.1) is 5.82 Å². The lowest BCUT2D eigenvalue weighted by Crippen LogP contribution is -2.30. The van der Waals surface area contributed by atoms with Crippen molar-refractivity contribution in [3.8, 4) is 0 Å². The van der Waals surface area contributed by atoms with Gasteiger partial charge in [-0.15, -0.1) is 0 Å². The standard InChI is InChI=1S/C19H15ClFNO2S/c20-16-7-5-9-18(13-16)22(14-15-6-4-8-17(21)12-15)25(23,24)19-10-2-1-3-11-19/h1-13H,14H2. The lowest BCUT2D eigenvalue weighted by molar-refractivity contribution is 0.589. The Balaban J connectivity index is 2.09. The number of sulfonamides is 1. The van der Waals surface area contributed by atoms with Gasteiger partial charge in [-0.25, -0.2) is 12.8 Å². The minimum Gasteiger partial charge on any atom is -0.262 e. The van der Waals surface area contributed by atoms with Crippen LogP contribution in [0.3, 0.4) is 0 Å². The lowest BCUT2D eigenvalue weighted by Gasteiger charge is -2.25. The largest absolute Gasteiger partial charge is 0.264 e. The number of hydrogen-bond donors (Lipinski definition) is 0. The Morgan fingerprint density at radius 3 is 2.28 bits per heavy atom. The third-order valence-corrected chi connectivity index (χ3v) is 5.67. The predicted octanol–water partition coefficient (Wildman–Crippen LogP) is 4.87. The first-order valence-electron chi connectivity index (χ1n) is 7.54. The van der Waals surface area contributed by atoms with Gasteiger partial charge < -0.3 is 0 Å². The van der Waals surface area contributed by atoms with Gasteiger partial charge in [-0.1, -0.05) is 48.0 Å². The summed E-state index contributed by atoms with van der Waals surface area (Å²) in [5.41, 5.74) is 0.958. The molecule has 3 rings (SSSR count). The van der Waals surface area contributed by atoms with E-state index in [-0.39, 0.29) is 11.4 Å². The van der Waals surface area contributed by atoms with Gasteiger partial charge in [0.1, 0.15) is 5.82 Å². The van der Waals surface area contributed by atoms with Crippen molar-refractivity contribution in [2.75, 3.05) is 4.31 Å². The molecule has 0 radical (unpaired) electrons. The summed E-state index contributed by atoms with van der Waals surface area (Å²) < 4.78 is 41.0. The second-order valence-electron chi connectivity index (χ2n) is 5.43. The smallest absolute Gasteiger partial charge is 0.262 e. The van der Waals surface area contributed by atoms with Gasteiger partial charge in [-0.2, -0.15) is 0 Å². The van der Waals surface area contributed by atoms with Crippen LogP contribution in [0.5, 0.6) is 0 Å². The zero-order chi connectivity index (χ0) is 17.9.